The molecule has 2 heteroatoms. The summed E-state index contributed by atoms with van der Waals surface area (Å²) >= 11 is 0. The van der Waals surface area contributed by atoms with Crippen molar-refractivity contribution in [1.29, 1.82) is 5.26 Å². The Labute approximate surface area is 57.3 Å². The lowest BCUT2D eigenvalue weighted by Crippen LogP contribution is -2.39. The molecule has 0 bridgehead atoms. The van der Waals surface area contributed by atoms with Crippen molar-refractivity contribution in [1.82, 2.24) is 0 Å². The minimum Gasteiger partial charge on any atom is -0.328 e. The SMILES string of the molecule is [CH2]C[N+](C)(C)CCC#N. The molecule has 0 fully saturated rings. The lowest BCUT2D eigenvalue weighted by molar-refractivity contribution is -0.884. The Morgan fingerprint density at radius 2 is 2.11 bits per heavy atom. The molecular weight excluding hydrogens is 112 g/mol. The standard InChI is InChI=1S/C7H14N2/c1-4-9(2,3)7-5-6-8/h1,4-5,7H2,2-3H3/q+1. The van der Waals surface area contributed by atoms with Crippen molar-refractivity contribution in [3.05, 3.63) is 6.92 Å². The van der Waals surface area contributed by atoms with Crippen molar-refractivity contribution < 1.29 is 4.48 Å². The zero-order valence-electron chi connectivity index (χ0n) is 6.22. The van der Waals surface area contributed by atoms with E-state index < -0.39 is 0 Å². The van der Waals surface area contributed by atoms with Gasteiger partial charge >= 0.3 is 0 Å². The van der Waals surface area contributed by atoms with E-state index in [1.54, 1.807) is 0 Å². The second-order valence-corrected chi connectivity index (χ2v) is 2.79. The van der Waals surface area contributed by atoms with E-state index in [1.165, 1.54) is 0 Å². The largest absolute Gasteiger partial charge is 0.328 e. The second-order valence-electron chi connectivity index (χ2n) is 2.79. The maximum Gasteiger partial charge on any atom is 0.0914 e. The van der Waals surface area contributed by atoms with Crippen LogP contribution in [-0.2, 0) is 0 Å². The second kappa shape index (κ2) is 3.47. The summed E-state index contributed by atoms with van der Waals surface area (Å²) in [4.78, 5) is 0. The third-order valence-corrected chi connectivity index (χ3v) is 1.43. The van der Waals surface area contributed by atoms with Crippen LogP contribution in [0.5, 0.6) is 0 Å². The molecule has 51 valence electrons. The molecule has 0 aliphatic heterocycles. The lowest BCUT2D eigenvalue weighted by atomic mass is 10.4. The molecule has 0 aliphatic carbocycles. The number of quaternary nitrogens is 1. The first kappa shape index (κ1) is 8.45. The fourth-order valence-electron chi connectivity index (χ4n) is 0.464. The fourth-order valence-corrected chi connectivity index (χ4v) is 0.464. The molecule has 0 unspecified atom stereocenters. The number of rotatable bonds is 3. The van der Waals surface area contributed by atoms with Gasteiger partial charge in [-0.1, -0.05) is 0 Å². The third-order valence-electron chi connectivity index (χ3n) is 1.43. The zero-order valence-corrected chi connectivity index (χ0v) is 6.22. The summed E-state index contributed by atoms with van der Waals surface area (Å²) < 4.78 is 0.841. The normalized spacial score (nSPS) is 10.9. The zero-order chi connectivity index (χ0) is 7.33. The molecule has 0 rings (SSSR count). The van der Waals surface area contributed by atoms with Gasteiger partial charge in [-0.05, 0) is 0 Å². The fraction of sp³-hybridized carbons (Fsp3) is 0.714. The molecule has 0 N–H and O–H groups in total. The maximum atomic E-state index is 8.24. The van der Waals surface area contributed by atoms with Crippen LogP contribution in [0.2, 0.25) is 0 Å². The molecule has 0 aliphatic rings. The Hall–Kier alpha value is -0.550. The minimum atomic E-state index is 0.628. The van der Waals surface area contributed by atoms with Gasteiger partial charge in [0.2, 0.25) is 0 Å². The molecule has 0 saturated carbocycles. The average Bonchev–Trinajstić information content (AvgIpc) is 1.84. The van der Waals surface area contributed by atoms with Crippen LogP contribution in [0.1, 0.15) is 6.42 Å². The Bertz CT molecular complexity index is 111. The average molecular weight is 126 g/mol. The van der Waals surface area contributed by atoms with Crippen LogP contribution in [0.25, 0.3) is 0 Å². The van der Waals surface area contributed by atoms with E-state index in [2.05, 4.69) is 27.1 Å². The van der Waals surface area contributed by atoms with Gasteiger partial charge in [-0.25, -0.2) is 0 Å². The van der Waals surface area contributed by atoms with Crippen LogP contribution in [0.15, 0.2) is 0 Å². The highest BCUT2D eigenvalue weighted by atomic mass is 15.3. The molecule has 9 heavy (non-hydrogen) atoms. The highest BCUT2D eigenvalue weighted by Gasteiger charge is 2.09. The Balaban J connectivity index is 3.48. The smallest absolute Gasteiger partial charge is 0.0914 e. The van der Waals surface area contributed by atoms with Crippen molar-refractivity contribution in [2.45, 2.75) is 6.42 Å². The first-order valence-electron chi connectivity index (χ1n) is 3.10. The molecule has 0 atom stereocenters. The molecule has 2 nitrogen and oxygen atoms in total. The van der Waals surface area contributed by atoms with Crippen LogP contribution >= 0.6 is 0 Å². The van der Waals surface area contributed by atoms with Crippen LogP contribution < -0.4 is 0 Å². The van der Waals surface area contributed by atoms with E-state index in [0.29, 0.717) is 6.42 Å². The Kier molecular flexibility index (Phi) is 3.26. The van der Waals surface area contributed by atoms with Gasteiger partial charge in [-0.3, -0.25) is 0 Å². The Morgan fingerprint density at radius 3 is 2.44 bits per heavy atom. The molecule has 0 heterocycles. The summed E-state index contributed by atoms with van der Waals surface area (Å²) in [7, 11) is 4.15. The minimum absolute atomic E-state index is 0.628. The predicted octanol–water partition coefficient (Wildman–Crippen LogP) is 0.811. The number of nitrogens with zero attached hydrogens (tertiary/aromatic N) is 2. The van der Waals surface area contributed by atoms with Gasteiger partial charge in [-0.15, -0.1) is 0 Å². The summed E-state index contributed by atoms with van der Waals surface area (Å²) in [5, 5.41) is 8.24. The quantitative estimate of drug-likeness (QED) is 0.513. The summed E-state index contributed by atoms with van der Waals surface area (Å²) in [6.07, 6.45) is 0.628. The van der Waals surface area contributed by atoms with Gasteiger partial charge in [0.25, 0.3) is 0 Å². The number of hydrogen-bond donors (Lipinski definition) is 0. The molecule has 0 aromatic heterocycles. The van der Waals surface area contributed by atoms with Crippen LogP contribution in [-0.4, -0.2) is 31.7 Å². The van der Waals surface area contributed by atoms with E-state index in [4.69, 9.17) is 5.26 Å². The molecule has 0 aromatic rings. The highest BCUT2D eigenvalue weighted by molar-refractivity contribution is 4.67. The molecule has 1 radical (unpaired) electrons. The van der Waals surface area contributed by atoms with Gasteiger partial charge in [-0.2, -0.15) is 5.26 Å². The summed E-state index contributed by atoms with van der Waals surface area (Å²) in [5.74, 6) is 0. The van der Waals surface area contributed by atoms with Gasteiger partial charge in [0.15, 0.2) is 0 Å². The van der Waals surface area contributed by atoms with Crippen molar-refractivity contribution >= 4 is 0 Å². The van der Waals surface area contributed by atoms with Gasteiger partial charge in [0.1, 0.15) is 0 Å². The molecule has 0 amide bonds. The van der Waals surface area contributed by atoms with Gasteiger partial charge in [0, 0.05) is 6.92 Å². The molecular formula is C7H14N2+. The number of hydrogen-bond acceptors (Lipinski definition) is 1. The molecule has 0 aromatic carbocycles. The van der Waals surface area contributed by atoms with Crippen molar-refractivity contribution in [3.63, 3.8) is 0 Å². The predicted molar refractivity (Wildman–Crippen MR) is 37.4 cm³/mol. The Morgan fingerprint density at radius 1 is 1.56 bits per heavy atom. The summed E-state index contributed by atoms with van der Waals surface area (Å²) in [6.45, 7) is 5.52. The lowest BCUT2D eigenvalue weighted by Gasteiger charge is -2.26. The first-order valence-corrected chi connectivity index (χ1v) is 3.10. The van der Waals surface area contributed by atoms with E-state index in [1.807, 2.05) is 0 Å². The van der Waals surface area contributed by atoms with E-state index in [9.17, 15) is 0 Å². The van der Waals surface area contributed by atoms with Crippen molar-refractivity contribution in [3.8, 4) is 6.07 Å². The maximum absolute atomic E-state index is 8.24. The summed E-state index contributed by atoms with van der Waals surface area (Å²) in [6, 6.07) is 2.11. The molecule has 0 spiro atoms. The van der Waals surface area contributed by atoms with Gasteiger partial charge < -0.3 is 4.48 Å². The van der Waals surface area contributed by atoms with E-state index in [-0.39, 0.29) is 0 Å². The van der Waals surface area contributed by atoms with E-state index in [0.717, 1.165) is 17.6 Å². The van der Waals surface area contributed by atoms with Gasteiger partial charge in [0.05, 0.1) is 39.7 Å². The van der Waals surface area contributed by atoms with Crippen LogP contribution in [0.4, 0.5) is 0 Å². The van der Waals surface area contributed by atoms with Crippen LogP contribution in [0, 0.1) is 18.3 Å². The monoisotopic (exact) mass is 126 g/mol. The third kappa shape index (κ3) is 3.99. The first-order chi connectivity index (χ1) is 4.12. The van der Waals surface area contributed by atoms with Crippen molar-refractivity contribution in [2.75, 3.05) is 27.2 Å². The topological polar surface area (TPSA) is 23.8 Å². The summed E-state index contributed by atoms with van der Waals surface area (Å²) in [5.41, 5.74) is 0. The number of nitriles is 1. The highest BCUT2D eigenvalue weighted by Crippen LogP contribution is 1.95. The van der Waals surface area contributed by atoms with Crippen molar-refractivity contribution in [2.24, 2.45) is 0 Å². The molecule has 0 saturated heterocycles. The van der Waals surface area contributed by atoms with E-state index >= 15 is 0 Å². The van der Waals surface area contributed by atoms with Crippen LogP contribution in [0.3, 0.4) is 0 Å².